The highest BCUT2D eigenvalue weighted by Gasteiger charge is 2.19. The molecule has 9 heteroatoms. The lowest BCUT2D eigenvalue weighted by atomic mass is 10.1. The van der Waals surface area contributed by atoms with Crippen LogP contribution in [0.2, 0.25) is 5.02 Å². The summed E-state index contributed by atoms with van der Waals surface area (Å²) in [4.78, 5) is 21.2. The zero-order chi connectivity index (χ0) is 23.2. The van der Waals surface area contributed by atoms with Crippen molar-refractivity contribution in [2.24, 2.45) is 0 Å². The number of imidazole rings is 1. The minimum atomic E-state index is -0.531. The van der Waals surface area contributed by atoms with E-state index in [4.69, 9.17) is 27.5 Å². The van der Waals surface area contributed by atoms with Gasteiger partial charge in [-0.2, -0.15) is 0 Å². The van der Waals surface area contributed by atoms with Gasteiger partial charge in [-0.15, -0.1) is 0 Å². The van der Waals surface area contributed by atoms with Gasteiger partial charge in [-0.3, -0.25) is 4.79 Å². The fourth-order valence-electron chi connectivity index (χ4n) is 3.00. The van der Waals surface area contributed by atoms with Crippen molar-refractivity contribution in [1.29, 1.82) is 5.41 Å². The van der Waals surface area contributed by atoms with E-state index in [1.165, 1.54) is 10.9 Å². The number of hydrogen-bond donors (Lipinski definition) is 3. The Bertz CT molecular complexity index is 1280. The lowest BCUT2D eigenvalue weighted by Gasteiger charge is -2.15. The summed E-state index contributed by atoms with van der Waals surface area (Å²) in [6.45, 7) is 0. The zero-order valence-electron chi connectivity index (χ0n) is 17.3. The predicted octanol–water partition coefficient (Wildman–Crippen LogP) is 4.72. The SMILES string of the molecule is N=CC(=C(Oc1ccc(-c2ccc(N)nc2)cc1)C(=O)Nc1ccc(Cl)cc1)n1ccnc1. The van der Waals surface area contributed by atoms with E-state index in [1.54, 1.807) is 61.1 Å². The van der Waals surface area contributed by atoms with Gasteiger partial charge in [0.15, 0.2) is 0 Å². The lowest BCUT2D eigenvalue weighted by Crippen LogP contribution is -2.21. The highest BCUT2D eigenvalue weighted by molar-refractivity contribution is 6.30. The van der Waals surface area contributed by atoms with Crippen molar-refractivity contribution in [2.45, 2.75) is 0 Å². The van der Waals surface area contributed by atoms with Gasteiger partial charge in [0.05, 0.1) is 6.33 Å². The molecule has 4 aromatic rings. The largest absolute Gasteiger partial charge is 0.449 e. The van der Waals surface area contributed by atoms with E-state index in [9.17, 15) is 4.79 Å². The molecule has 33 heavy (non-hydrogen) atoms. The van der Waals surface area contributed by atoms with Crippen LogP contribution in [-0.2, 0) is 4.79 Å². The van der Waals surface area contributed by atoms with Crippen LogP contribution >= 0.6 is 11.6 Å². The number of allylic oxidation sites excluding steroid dienone is 1. The Morgan fingerprint density at radius 1 is 1.06 bits per heavy atom. The molecule has 0 aliphatic heterocycles. The van der Waals surface area contributed by atoms with Gasteiger partial charge in [0, 0.05) is 41.1 Å². The number of ether oxygens (including phenoxy) is 1. The number of nitrogens with two attached hydrogens (primary N) is 1. The Hall–Kier alpha value is -4.43. The second kappa shape index (κ2) is 9.80. The predicted molar refractivity (Wildman–Crippen MR) is 129 cm³/mol. The Kier molecular flexibility index (Phi) is 6.47. The Labute approximate surface area is 194 Å². The van der Waals surface area contributed by atoms with Crippen LogP contribution < -0.4 is 15.8 Å². The van der Waals surface area contributed by atoms with Crippen LogP contribution in [0.15, 0.2) is 91.3 Å². The number of nitrogens with zero attached hydrogens (tertiary/aromatic N) is 3. The number of carbonyl (C=O) groups excluding carboxylic acids is 1. The maximum Gasteiger partial charge on any atom is 0.293 e. The van der Waals surface area contributed by atoms with Gasteiger partial charge in [-0.05, 0) is 54.1 Å². The van der Waals surface area contributed by atoms with E-state index < -0.39 is 5.91 Å². The van der Waals surface area contributed by atoms with Crippen LogP contribution in [0.4, 0.5) is 11.5 Å². The third-order valence-corrected chi connectivity index (χ3v) is 4.91. The molecular formula is C24H19ClN6O2. The van der Waals surface area contributed by atoms with E-state index in [2.05, 4.69) is 15.3 Å². The number of halogens is 1. The quantitative estimate of drug-likeness (QED) is 0.210. The summed E-state index contributed by atoms with van der Waals surface area (Å²) in [5.74, 6) is 0.262. The van der Waals surface area contributed by atoms with Gasteiger partial charge in [0.25, 0.3) is 5.91 Å². The molecule has 0 bridgehead atoms. The number of amides is 1. The number of hydrogen-bond acceptors (Lipinski definition) is 6. The smallest absolute Gasteiger partial charge is 0.293 e. The fourth-order valence-corrected chi connectivity index (χ4v) is 3.13. The molecule has 2 aromatic heterocycles. The first-order valence-corrected chi connectivity index (χ1v) is 10.2. The minimum Gasteiger partial charge on any atom is -0.449 e. The Morgan fingerprint density at radius 3 is 2.39 bits per heavy atom. The van der Waals surface area contributed by atoms with E-state index in [0.717, 1.165) is 17.3 Å². The third-order valence-electron chi connectivity index (χ3n) is 4.65. The molecule has 0 fully saturated rings. The van der Waals surface area contributed by atoms with Crippen LogP contribution in [-0.4, -0.2) is 26.7 Å². The van der Waals surface area contributed by atoms with Gasteiger partial charge in [-0.1, -0.05) is 23.7 Å². The van der Waals surface area contributed by atoms with Gasteiger partial charge < -0.3 is 25.8 Å². The maximum absolute atomic E-state index is 13.1. The monoisotopic (exact) mass is 458 g/mol. The van der Waals surface area contributed by atoms with Crippen molar-refractivity contribution in [2.75, 3.05) is 11.1 Å². The van der Waals surface area contributed by atoms with Crippen molar-refractivity contribution < 1.29 is 9.53 Å². The van der Waals surface area contributed by atoms with Crippen LogP contribution in [0.5, 0.6) is 5.75 Å². The summed E-state index contributed by atoms with van der Waals surface area (Å²) in [5.41, 5.74) is 8.20. The summed E-state index contributed by atoms with van der Waals surface area (Å²) in [6.07, 6.45) is 7.37. The molecule has 0 spiro atoms. The van der Waals surface area contributed by atoms with Gasteiger partial charge in [0.1, 0.15) is 17.3 Å². The van der Waals surface area contributed by atoms with Crippen LogP contribution in [0, 0.1) is 5.41 Å². The molecular weight excluding hydrogens is 440 g/mol. The zero-order valence-corrected chi connectivity index (χ0v) is 18.0. The number of nitrogen functional groups attached to an aromatic ring is 1. The van der Waals surface area contributed by atoms with E-state index in [1.807, 2.05) is 18.2 Å². The topological polar surface area (TPSA) is 119 Å². The van der Waals surface area contributed by atoms with Crippen molar-refractivity contribution in [3.8, 4) is 16.9 Å². The average Bonchev–Trinajstić information content (AvgIpc) is 3.36. The molecule has 0 atom stereocenters. The first-order valence-electron chi connectivity index (χ1n) is 9.83. The Balaban J connectivity index is 1.65. The molecule has 2 heterocycles. The number of anilines is 2. The highest BCUT2D eigenvalue weighted by Crippen LogP contribution is 2.25. The maximum atomic E-state index is 13.1. The van der Waals surface area contributed by atoms with E-state index in [0.29, 0.717) is 22.3 Å². The number of aromatic nitrogens is 3. The van der Waals surface area contributed by atoms with E-state index in [-0.39, 0.29) is 11.5 Å². The molecule has 164 valence electrons. The van der Waals surface area contributed by atoms with E-state index >= 15 is 0 Å². The lowest BCUT2D eigenvalue weighted by molar-refractivity contribution is -0.114. The molecule has 4 N–H and O–H groups in total. The minimum absolute atomic E-state index is 0.0696. The molecule has 0 aliphatic carbocycles. The Morgan fingerprint density at radius 2 is 1.79 bits per heavy atom. The second-order valence-electron chi connectivity index (χ2n) is 6.89. The average molecular weight is 459 g/mol. The number of pyridine rings is 1. The molecule has 1 amide bonds. The van der Waals surface area contributed by atoms with Gasteiger partial charge in [-0.25, -0.2) is 9.97 Å². The molecule has 8 nitrogen and oxygen atoms in total. The van der Waals surface area contributed by atoms with Crippen molar-refractivity contribution in [3.05, 3.63) is 96.4 Å². The molecule has 4 rings (SSSR count). The first-order chi connectivity index (χ1) is 16.0. The molecule has 0 radical (unpaired) electrons. The third kappa shape index (κ3) is 5.25. The number of rotatable bonds is 7. The summed E-state index contributed by atoms with van der Waals surface area (Å²) in [7, 11) is 0. The highest BCUT2D eigenvalue weighted by atomic mass is 35.5. The van der Waals surface area contributed by atoms with Crippen LogP contribution in [0.3, 0.4) is 0 Å². The van der Waals surface area contributed by atoms with Gasteiger partial charge >= 0.3 is 0 Å². The molecule has 0 saturated heterocycles. The summed E-state index contributed by atoms with van der Waals surface area (Å²) in [6, 6.07) is 17.4. The fraction of sp³-hybridized carbons (Fsp3) is 0. The molecule has 2 aromatic carbocycles. The molecule has 0 saturated carbocycles. The number of nitrogens with one attached hydrogen (secondary N) is 2. The molecule has 0 unspecified atom stereocenters. The summed E-state index contributed by atoms with van der Waals surface area (Å²) >= 11 is 5.93. The standard InChI is InChI=1S/C24H19ClN6O2/c25-18-4-6-19(7-5-18)30-24(32)23(21(13-26)31-12-11-28-15-31)33-20-8-1-16(2-9-20)17-3-10-22(27)29-14-17/h1-15,26H,(H2,27,29)(H,30,32). The normalized spacial score (nSPS) is 11.4. The number of carbonyl (C=O) groups is 1. The second-order valence-corrected chi connectivity index (χ2v) is 7.32. The van der Waals surface area contributed by atoms with Crippen molar-refractivity contribution in [1.82, 2.24) is 14.5 Å². The summed E-state index contributed by atoms with van der Waals surface area (Å²) < 4.78 is 7.49. The number of benzene rings is 2. The molecule has 0 aliphatic rings. The van der Waals surface area contributed by atoms with Gasteiger partial charge in [0.2, 0.25) is 5.76 Å². The van der Waals surface area contributed by atoms with Crippen molar-refractivity contribution >= 4 is 40.9 Å². The summed E-state index contributed by atoms with van der Waals surface area (Å²) in [5, 5.41) is 11.2. The first kappa shape index (κ1) is 21.8. The van der Waals surface area contributed by atoms with Crippen LogP contribution in [0.1, 0.15) is 0 Å². The van der Waals surface area contributed by atoms with Crippen LogP contribution in [0.25, 0.3) is 16.8 Å². The van der Waals surface area contributed by atoms with Crippen molar-refractivity contribution in [3.63, 3.8) is 0 Å².